The van der Waals surface area contributed by atoms with E-state index in [1.54, 1.807) is 36.4 Å². The summed E-state index contributed by atoms with van der Waals surface area (Å²) in [5.41, 5.74) is 2.85. The number of nitrogens with zero attached hydrogens (tertiary/aromatic N) is 4. The van der Waals surface area contributed by atoms with Crippen LogP contribution in [0.5, 0.6) is 5.75 Å². The highest BCUT2D eigenvalue weighted by Crippen LogP contribution is 2.26. The highest BCUT2D eigenvalue weighted by atomic mass is 19.4. The molecule has 4 aromatic rings. The third-order valence-electron chi connectivity index (χ3n) is 4.28. The highest BCUT2D eigenvalue weighted by molar-refractivity contribution is 5.76. The maximum atomic E-state index is 12.3. The molecular formula is C22H15F3N6O2. The number of benzene rings is 2. The van der Waals surface area contributed by atoms with Crippen molar-refractivity contribution in [3.63, 3.8) is 0 Å². The molecule has 2 heterocycles. The van der Waals surface area contributed by atoms with Crippen molar-refractivity contribution in [1.82, 2.24) is 19.9 Å². The largest absolute Gasteiger partial charge is 0.573 e. The Kier molecular flexibility index (Phi) is 6.11. The minimum atomic E-state index is -4.75. The molecule has 2 N–H and O–H groups in total. The Labute approximate surface area is 185 Å². The summed E-state index contributed by atoms with van der Waals surface area (Å²) in [5.74, 6) is 0.618. The molecule has 0 aliphatic carbocycles. The smallest absolute Gasteiger partial charge is 0.406 e. The molecule has 0 radical (unpaired) electrons. The Morgan fingerprint density at radius 3 is 1.67 bits per heavy atom. The number of aldehydes is 1. The quantitative estimate of drug-likeness (QED) is 0.372. The highest BCUT2D eigenvalue weighted by Gasteiger charge is 2.30. The maximum Gasteiger partial charge on any atom is 0.573 e. The molecule has 0 aliphatic heterocycles. The topological polar surface area (TPSA) is 102 Å². The number of alkyl halides is 3. The van der Waals surface area contributed by atoms with Gasteiger partial charge in [0.25, 0.3) is 0 Å². The summed E-state index contributed by atoms with van der Waals surface area (Å²) in [5, 5.41) is 6.12. The van der Waals surface area contributed by atoms with Crippen LogP contribution in [0.4, 0.5) is 36.2 Å². The van der Waals surface area contributed by atoms with Crippen molar-refractivity contribution in [2.45, 2.75) is 6.36 Å². The van der Waals surface area contributed by atoms with Gasteiger partial charge in [-0.15, -0.1) is 13.2 Å². The predicted molar refractivity (Wildman–Crippen MR) is 115 cm³/mol. The molecule has 0 saturated heterocycles. The molecule has 0 unspecified atom stereocenters. The monoisotopic (exact) mass is 452 g/mol. The van der Waals surface area contributed by atoms with Gasteiger partial charge in [0.2, 0.25) is 0 Å². The summed E-state index contributed by atoms with van der Waals surface area (Å²) in [6.07, 6.45) is -1.27. The van der Waals surface area contributed by atoms with Gasteiger partial charge in [0.15, 0.2) is 0 Å². The average molecular weight is 452 g/mol. The van der Waals surface area contributed by atoms with E-state index in [4.69, 9.17) is 0 Å². The molecule has 0 bridgehead atoms. The van der Waals surface area contributed by atoms with Gasteiger partial charge in [0.05, 0.1) is 11.4 Å². The van der Waals surface area contributed by atoms with Crippen LogP contribution >= 0.6 is 0 Å². The number of ether oxygens (including phenoxy) is 1. The first kappa shape index (κ1) is 21.7. The molecule has 2 aromatic heterocycles. The van der Waals surface area contributed by atoms with Gasteiger partial charge >= 0.3 is 6.36 Å². The van der Waals surface area contributed by atoms with Gasteiger partial charge in [-0.3, -0.25) is 4.79 Å². The summed E-state index contributed by atoms with van der Waals surface area (Å²) in [4.78, 5) is 27.5. The molecule has 0 amide bonds. The molecule has 0 atom stereocenters. The van der Waals surface area contributed by atoms with E-state index in [1.807, 2.05) is 0 Å². The summed E-state index contributed by atoms with van der Waals surface area (Å²) < 4.78 is 40.7. The summed E-state index contributed by atoms with van der Waals surface area (Å²) in [6.45, 7) is 0. The van der Waals surface area contributed by atoms with Crippen molar-refractivity contribution >= 4 is 29.3 Å². The van der Waals surface area contributed by atoms with Crippen LogP contribution in [0.2, 0.25) is 0 Å². The average Bonchev–Trinajstić information content (AvgIpc) is 2.80. The normalized spacial score (nSPS) is 11.0. The zero-order valence-corrected chi connectivity index (χ0v) is 16.7. The minimum Gasteiger partial charge on any atom is -0.406 e. The van der Waals surface area contributed by atoms with Crippen LogP contribution < -0.4 is 15.4 Å². The zero-order valence-electron chi connectivity index (χ0n) is 16.7. The number of anilines is 4. The molecule has 33 heavy (non-hydrogen) atoms. The van der Waals surface area contributed by atoms with Gasteiger partial charge in [-0.25, -0.2) is 19.9 Å². The second-order valence-electron chi connectivity index (χ2n) is 6.64. The molecule has 2 aromatic carbocycles. The van der Waals surface area contributed by atoms with Gasteiger partial charge < -0.3 is 15.4 Å². The fourth-order valence-corrected chi connectivity index (χ4v) is 2.81. The van der Waals surface area contributed by atoms with E-state index < -0.39 is 6.36 Å². The van der Waals surface area contributed by atoms with Crippen molar-refractivity contribution in [1.29, 1.82) is 0 Å². The SMILES string of the molecule is O=Cc1ccc(Nc2cc(-c3cc(Nc4ccc(OC(F)(F)F)cc4)ncn3)ncn2)cc1. The zero-order chi connectivity index (χ0) is 23.3. The van der Waals surface area contributed by atoms with Gasteiger partial charge in [-0.1, -0.05) is 0 Å². The Morgan fingerprint density at radius 1 is 0.727 bits per heavy atom. The molecule has 166 valence electrons. The number of rotatable bonds is 7. The van der Waals surface area contributed by atoms with Crippen LogP contribution in [0.25, 0.3) is 11.4 Å². The third-order valence-corrected chi connectivity index (χ3v) is 4.28. The second-order valence-corrected chi connectivity index (χ2v) is 6.64. The molecule has 0 aliphatic rings. The van der Waals surface area contributed by atoms with E-state index in [0.29, 0.717) is 34.3 Å². The standard InChI is InChI=1S/C22H15F3N6O2/c23-22(24,25)33-17-7-5-16(6-8-17)31-21-10-19(27-13-29-21)18-9-20(28-12-26-18)30-15-3-1-14(11-32)2-4-15/h1-13H,(H,26,28,30)(H,27,29,31). The number of hydrogen-bond donors (Lipinski definition) is 2. The Bertz CT molecular complexity index is 1250. The molecule has 0 fully saturated rings. The van der Waals surface area contributed by atoms with Crippen molar-refractivity contribution in [2.75, 3.05) is 10.6 Å². The summed E-state index contributed by atoms with van der Waals surface area (Å²) >= 11 is 0. The predicted octanol–water partition coefficient (Wildman–Crippen LogP) is 5.13. The summed E-state index contributed by atoms with van der Waals surface area (Å²) in [7, 11) is 0. The van der Waals surface area contributed by atoms with Crippen molar-refractivity contribution < 1.29 is 22.7 Å². The van der Waals surface area contributed by atoms with Gasteiger partial charge in [-0.2, -0.15) is 0 Å². The fourth-order valence-electron chi connectivity index (χ4n) is 2.81. The fraction of sp³-hybridized carbons (Fsp3) is 0.0455. The van der Waals surface area contributed by atoms with Gasteiger partial charge in [-0.05, 0) is 48.5 Å². The lowest BCUT2D eigenvalue weighted by atomic mass is 10.2. The number of carbonyl (C=O) groups is 1. The number of carbonyl (C=O) groups excluding carboxylic acids is 1. The summed E-state index contributed by atoms with van der Waals surface area (Å²) in [6, 6.07) is 15.5. The first-order chi connectivity index (χ1) is 15.9. The van der Waals surface area contributed by atoms with Crippen molar-refractivity contribution in [3.05, 3.63) is 78.9 Å². The van der Waals surface area contributed by atoms with E-state index in [0.717, 1.165) is 12.0 Å². The van der Waals surface area contributed by atoms with E-state index in [1.165, 1.54) is 36.9 Å². The van der Waals surface area contributed by atoms with E-state index >= 15 is 0 Å². The Morgan fingerprint density at radius 2 is 1.21 bits per heavy atom. The van der Waals surface area contributed by atoms with Gasteiger partial charge in [0.1, 0.15) is 36.3 Å². The van der Waals surface area contributed by atoms with Gasteiger partial charge in [0, 0.05) is 29.1 Å². The lowest BCUT2D eigenvalue weighted by Crippen LogP contribution is -2.16. The molecule has 0 spiro atoms. The van der Waals surface area contributed by atoms with Crippen LogP contribution in [-0.4, -0.2) is 32.6 Å². The first-order valence-electron chi connectivity index (χ1n) is 9.47. The molecule has 0 saturated carbocycles. The van der Waals surface area contributed by atoms with Crippen LogP contribution in [-0.2, 0) is 0 Å². The van der Waals surface area contributed by atoms with Crippen molar-refractivity contribution in [2.24, 2.45) is 0 Å². The van der Waals surface area contributed by atoms with Crippen molar-refractivity contribution in [3.8, 4) is 17.1 Å². The first-order valence-corrected chi connectivity index (χ1v) is 9.47. The maximum absolute atomic E-state index is 12.3. The molecular weight excluding hydrogens is 437 g/mol. The number of hydrogen-bond acceptors (Lipinski definition) is 8. The Balaban J connectivity index is 1.48. The van der Waals surface area contributed by atoms with E-state index in [2.05, 4.69) is 35.3 Å². The third kappa shape index (κ3) is 6.00. The second kappa shape index (κ2) is 9.30. The van der Waals surface area contributed by atoms with E-state index in [-0.39, 0.29) is 5.75 Å². The van der Waals surface area contributed by atoms with Crippen LogP contribution in [0, 0.1) is 0 Å². The van der Waals surface area contributed by atoms with E-state index in [9.17, 15) is 18.0 Å². The van der Waals surface area contributed by atoms with Crippen LogP contribution in [0.3, 0.4) is 0 Å². The number of aromatic nitrogens is 4. The number of nitrogens with one attached hydrogen (secondary N) is 2. The Hall–Kier alpha value is -4.54. The number of halogens is 3. The van der Waals surface area contributed by atoms with Crippen LogP contribution in [0.1, 0.15) is 10.4 Å². The molecule has 11 heteroatoms. The van der Waals surface area contributed by atoms with Crippen LogP contribution in [0.15, 0.2) is 73.3 Å². The lowest BCUT2D eigenvalue weighted by Gasteiger charge is -2.10. The lowest BCUT2D eigenvalue weighted by molar-refractivity contribution is -0.274. The molecule has 4 rings (SSSR count). The molecule has 8 nitrogen and oxygen atoms in total. The minimum absolute atomic E-state index is 0.321.